The summed E-state index contributed by atoms with van der Waals surface area (Å²) in [5.74, 6) is -3.58. The topological polar surface area (TPSA) is 39.1 Å². The van der Waals surface area contributed by atoms with Gasteiger partial charge in [0.25, 0.3) is 11.4 Å². The summed E-state index contributed by atoms with van der Waals surface area (Å²) in [6.07, 6.45) is 0. The summed E-state index contributed by atoms with van der Waals surface area (Å²) >= 11 is 11.1. The first kappa shape index (κ1) is 11.7. The van der Waals surface area contributed by atoms with Crippen molar-refractivity contribution in [2.24, 2.45) is 7.05 Å². The summed E-state index contributed by atoms with van der Waals surface area (Å²) in [6, 6.07) is 8.74. The molecule has 0 amide bonds. The van der Waals surface area contributed by atoms with Crippen molar-refractivity contribution in [3.8, 4) is 0 Å². The molecule has 3 nitrogen and oxygen atoms in total. The highest BCUT2D eigenvalue weighted by molar-refractivity contribution is 8.13. The van der Waals surface area contributed by atoms with Crippen LogP contribution in [0.4, 0.5) is 0 Å². The summed E-state index contributed by atoms with van der Waals surface area (Å²) in [5, 5.41) is 0.734. The van der Waals surface area contributed by atoms with Crippen LogP contribution in [0.1, 0.15) is 0 Å². The third kappa shape index (κ3) is 1.91. The molecule has 0 radical (unpaired) electrons. The summed E-state index contributed by atoms with van der Waals surface area (Å²) in [4.78, 5) is 11.9. The fourth-order valence-electron chi connectivity index (χ4n) is 1.59. The lowest BCUT2D eigenvalue weighted by Crippen LogP contribution is -2.30. The van der Waals surface area contributed by atoms with Gasteiger partial charge >= 0.3 is 0 Å². The Labute approximate surface area is 102 Å². The standard InChI is InChI=1S/C10H8Cl2NO2P/c1-13-8-5-3-2-4-7(8)6-9(10(13)14)16(11,12)15/h2-6H,1H3. The van der Waals surface area contributed by atoms with E-state index < -0.39 is 11.4 Å². The van der Waals surface area contributed by atoms with Gasteiger partial charge < -0.3 is 4.57 Å². The molecule has 0 spiro atoms. The van der Waals surface area contributed by atoms with E-state index in [2.05, 4.69) is 0 Å². The third-order valence-corrected chi connectivity index (χ3v) is 4.37. The first-order valence-corrected chi connectivity index (χ1v) is 8.01. The van der Waals surface area contributed by atoms with Crippen molar-refractivity contribution in [1.29, 1.82) is 0 Å². The van der Waals surface area contributed by atoms with E-state index in [9.17, 15) is 9.36 Å². The van der Waals surface area contributed by atoms with Crippen LogP contribution < -0.4 is 10.9 Å². The molecule has 16 heavy (non-hydrogen) atoms. The zero-order valence-electron chi connectivity index (χ0n) is 8.35. The van der Waals surface area contributed by atoms with Gasteiger partial charge in [0, 0.05) is 7.05 Å². The molecular formula is C10H8Cl2NO2P. The van der Waals surface area contributed by atoms with Crippen LogP contribution in [0.25, 0.3) is 10.9 Å². The number of para-hydroxylation sites is 1. The van der Waals surface area contributed by atoms with Gasteiger partial charge in [-0.15, -0.1) is 0 Å². The molecule has 1 heterocycles. The van der Waals surface area contributed by atoms with Crippen molar-refractivity contribution in [2.45, 2.75) is 0 Å². The van der Waals surface area contributed by atoms with Gasteiger partial charge in [0.1, 0.15) is 5.30 Å². The number of hydrogen-bond acceptors (Lipinski definition) is 2. The molecule has 0 saturated carbocycles. The molecule has 6 heteroatoms. The minimum Gasteiger partial charge on any atom is -0.311 e. The number of fused-ring (bicyclic) bond motifs is 1. The average Bonchev–Trinajstić information content (AvgIpc) is 2.22. The quantitative estimate of drug-likeness (QED) is 0.751. The highest BCUT2D eigenvalue weighted by Crippen LogP contribution is 2.54. The number of rotatable bonds is 1. The number of hydrogen-bond donors (Lipinski definition) is 0. The predicted octanol–water partition coefficient (Wildman–Crippen LogP) is 2.83. The van der Waals surface area contributed by atoms with Crippen LogP contribution in [0.3, 0.4) is 0 Å². The molecule has 0 fully saturated rings. The lowest BCUT2D eigenvalue weighted by Gasteiger charge is -2.08. The molecule has 1 aromatic heterocycles. The lowest BCUT2D eigenvalue weighted by molar-refractivity contribution is 0.597. The Hall–Kier alpha value is -0.760. The van der Waals surface area contributed by atoms with E-state index in [0.29, 0.717) is 0 Å². The van der Waals surface area contributed by atoms with Gasteiger partial charge in [-0.3, -0.25) is 9.36 Å². The monoisotopic (exact) mass is 275 g/mol. The Bertz CT molecular complexity index is 659. The van der Waals surface area contributed by atoms with E-state index >= 15 is 0 Å². The minimum absolute atomic E-state index is 0.0444. The van der Waals surface area contributed by atoms with Gasteiger partial charge in [-0.1, -0.05) is 18.2 Å². The van der Waals surface area contributed by atoms with Crippen LogP contribution >= 0.6 is 28.3 Å². The zero-order chi connectivity index (χ0) is 11.9. The van der Waals surface area contributed by atoms with Crippen molar-refractivity contribution in [3.63, 3.8) is 0 Å². The molecule has 0 bridgehead atoms. The van der Waals surface area contributed by atoms with E-state index in [4.69, 9.17) is 22.5 Å². The molecule has 0 unspecified atom stereocenters. The number of aromatic nitrogens is 1. The smallest absolute Gasteiger partial charge is 0.287 e. The van der Waals surface area contributed by atoms with Crippen LogP contribution in [-0.4, -0.2) is 4.57 Å². The molecule has 0 aliphatic rings. The maximum atomic E-state index is 11.9. The minimum atomic E-state index is -3.58. The van der Waals surface area contributed by atoms with Gasteiger partial charge in [0.15, 0.2) is 0 Å². The lowest BCUT2D eigenvalue weighted by atomic mass is 10.2. The van der Waals surface area contributed by atoms with Crippen molar-refractivity contribution in [3.05, 3.63) is 40.7 Å². The highest BCUT2D eigenvalue weighted by atomic mass is 35.9. The second-order valence-corrected chi connectivity index (χ2v) is 8.20. The van der Waals surface area contributed by atoms with E-state index in [1.54, 1.807) is 13.1 Å². The fourth-order valence-corrected chi connectivity index (χ4v) is 2.98. The van der Waals surface area contributed by atoms with Gasteiger partial charge in [-0.25, -0.2) is 0 Å². The van der Waals surface area contributed by atoms with Gasteiger partial charge in [-0.05, 0) is 40.0 Å². The second kappa shape index (κ2) is 3.92. The molecule has 0 saturated heterocycles. The van der Waals surface area contributed by atoms with Crippen LogP contribution in [-0.2, 0) is 11.6 Å². The summed E-state index contributed by atoms with van der Waals surface area (Å²) in [7, 11) is 1.59. The maximum absolute atomic E-state index is 11.9. The van der Waals surface area contributed by atoms with Gasteiger partial charge in [-0.2, -0.15) is 0 Å². The predicted molar refractivity (Wildman–Crippen MR) is 68.1 cm³/mol. The molecule has 2 aromatic rings. The molecule has 0 atom stereocenters. The van der Waals surface area contributed by atoms with E-state index in [0.717, 1.165) is 10.9 Å². The zero-order valence-corrected chi connectivity index (χ0v) is 10.8. The van der Waals surface area contributed by atoms with E-state index in [1.165, 1.54) is 10.6 Å². The molecule has 84 valence electrons. The van der Waals surface area contributed by atoms with Crippen molar-refractivity contribution >= 4 is 44.5 Å². The summed E-state index contributed by atoms with van der Waals surface area (Å²) in [6.45, 7) is 0. The number of aryl methyl sites for hydroxylation is 1. The molecule has 0 aliphatic heterocycles. The Kier molecular flexibility index (Phi) is 2.87. The molecular weight excluding hydrogens is 268 g/mol. The summed E-state index contributed by atoms with van der Waals surface area (Å²) in [5.41, 5.74) is 0.324. The normalized spacial score (nSPS) is 11.9. The first-order chi connectivity index (χ1) is 7.41. The van der Waals surface area contributed by atoms with E-state index in [1.807, 2.05) is 18.2 Å². The van der Waals surface area contributed by atoms with Crippen LogP contribution in [0, 0.1) is 0 Å². The Balaban J connectivity index is 2.96. The Morgan fingerprint density at radius 1 is 1.25 bits per heavy atom. The number of pyridine rings is 1. The molecule has 0 N–H and O–H groups in total. The number of benzene rings is 1. The molecule has 2 rings (SSSR count). The summed E-state index contributed by atoms with van der Waals surface area (Å²) < 4.78 is 12.9. The van der Waals surface area contributed by atoms with Gasteiger partial charge in [0.05, 0.1) is 5.52 Å². The van der Waals surface area contributed by atoms with Crippen molar-refractivity contribution in [1.82, 2.24) is 4.57 Å². The van der Waals surface area contributed by atoms with Gasteiger partial charge in [0.2, 0.25) is 0 Å². The van der Waals surface area contributed by atoms with E-state index in [-0.39, 0.29) is 5.30 Å². The third-order valence-electron chi connectivity index (χ3n) is 2.39. The fraction of sp³-hybridized carbons (Fsp3) is 0.100. The Morgan fingerprint density at radius 2 is 1.88 bits per heavy atom. The Morgan fingerprint density at radius 3 is 2.50 bits per heavy atom. The van der Waals surface area contributed by atoms with Crippen LogP contribution in [0.2, 0.25) is 0 Å². The molecule has 1 aromatic carbocycles. The average molecular weight is 276 g/mol. The second-order valence-electron chi connectivity index (χ2n) is 3.41. The largest absolute Gasteiger partial charge is 0.311 e. The number of nitrogens with zero attached hydrogens (tertiary/aromatic N) is 1. The van der Waals surface area contributed by atoms with Crippen molar-refractivity contribution < 1.29 is 4.57 Å². The van der Waals surface area contributed by atoms with Crippen molar-refractivity contribution in [2.75, 3.05) is 0 Å². The SMILES string of the molecule is Cn1c(=O)c(P(=O)(Cl)Cl)cc2ccccc21. The highest BCUT2D eigenvalue weighted by Gasteiger charge is 2.23. The first-order valence-electron chi connectivity index (χ1n) is 4.50. The maximum Gasteiger partial charge on any atom is 0.287 e. The number of halogens is 2. The molecule has 0 aliphatic carbocycles. The van der Waals surface area contributed by atoms with Crippen LogP contribution in [0.5, 0.6) is 0 Å². The van der Waals surface area contributed by atoms with Crippen LogP contribution in [0.15, 0.2) is 35.1 Å².